The Morgan fingerprint density at radius 3 is 2.26 bits per heavy atom. The lowest BCUT2D eigenvalue weighted by molar-refractivity contribution is -0.136. The van der Waals surface area contributed by atoms with Gasteiger partial charge in [-0.15, -0.1) is 11.3 Å². The quantitative estimate of drug-likeness (QED) is 0.580. The molecule has 0 atom stereocenters. The summed E-state index contributed by atoms with van der Waals surface area (Å²) in [5, 5.41) is 1.86. The van der Waals surface area contributed by atoms with Crippen molar-refractivity contribution in [3.8, 4) is 11.5 Å². The number of benzene rings is 1. The zero-order valence-electron chi connectivity index (χ0n) is 17.7. The zero-order valence-corrected chi connectivity index (χ0v) is 18.5. The van der Waals surface area contributed by atoms with Crippen LogP contribution >= 0.6 is 11.3 Å². The standard InChI is InChI=1S/C22H26N2O6S/c1-3-28-17-8-7-16(14-18(17)29-4-2)22(27)30-15-20(25)23-9-11-24(12-10-23)21(26)19-6-5-13-31-19/h5-8,13-14H,3-4,9-12,15H2,1-2H3. The fourth-order valence-corrected chi connectivity index (χ4v) is 3.89. The second-order valence-electron chi connectivity index (χ2n) is 6.75. The number of hydrogen-bond donors (Lipinski definition) is 0. The fourth-order valence-electron chi connectivity index (χ4n) is 3.20. The van der Waals surface area contributed by atoms with Gasteiger partial charge in [0.2, 0.25) is 0 Å². The van der Waals surface area contributed by atoms with E-state index in [0.717, 1.165) is 0 Å². The lowest BCUT2D eigenvalue weighted by Gasteiger charge is -2.34. The van der Waals surface area contributed by atoms with E-state index in [1.807, 2.05) is 25.3 Å². The third kappa shape index (κ3) is 5.75. The predicted octanol–water partition coefficient (Wildman–Crippen LogP) is 2.69. The Morgan fingerprint density at radius 1 is 0.935 bits per heavy atom. The highest BCUT2D eigenvalue weighted by atomic mass is 32.1. The summed E-state index contributed by atoms with van der Waals surface area (Å²) in [6.45, 7) is 5.97. The highest BCUT2D eigenvalue weighted by Gasteiger charge is 2.26. The number of rotatable bonds is 8. The van der Waals surface area contributed by atoms with Gasteiger partial charge >= 0.3 is 5.97 Å². The maximum Gasteiger partial charge on any atom is 0.338 e. The normalized spacial score (nSPS) is 13.6. The minimum absolute atomic E-state index is 0.0193. The molecule has 9 heteroatoms. The van der Waals surface area contributed by atoms with Crippen molar-refractivity contribution in [1.29, 1.82) is 0 Å². The van der Waals surface area contributed by atoms with Crippen molar-refractivity contribution in [2.24, 2.45) is 0 Å². The van der Waals surface area contributed by atoms with E-state index in [4.69, 9.17) is 14.2 Å². The molecule has 2 heterocycles. The zero-order chi connectivity index (χ0) is 22.2. The molecular formula is C22H26N2O6S. The number of nitrogens with zero attached hydrogens (tertiary/aromatic N) is 2. The third-order valence-electron chi connectivity index (χ3n) is 4.76. The van der Waals surface area contributed by atoms with Gasteiger partial charge in [0.15, 0.2) is 18.1 Å². The molecule has 0 unspecified atom stereocenters. The highest BCUT2D eigenvalue weighted by molar-refractivity contribution is 7.12. The first kappa shape index (κ1) is 22.6. The molecule has 1 aliphatic rings. The van der Waals surface area contributed by atoms with Crippen LogP contribution in [0.4, 0.5) is 0 Å². The largest absolute Gasteiger partial charge is 0.490 e. The molecule has 3 rings (SSSR count). The number of esters is 1. The van der Waals surface area contributed by atoms with Crippen molar-refractivity contribution in [3.05, 3.63) is 46.2 Å². The molecule has 2 amide bonds. The first-order valence-electron chi connectivity index (χ1n) is 10.2. The average Bonchev–Trinajstić information content (AvgIpc) is 3.33. The van der Waals surface area contributed by atoms with E-state index in [9.17, 15) is 14.4 Å². The maximum absolute atomic E-state index is 12.5. The Hall–Kier alpha value is -3.07. The van der Waals surface area contributed by atoms with Crippen LogP contribution < -0.4 is 9.47 Å². The van der Waals surface area contributed by atoms with Gasteiger partial charge in [0, 0.05) is 26.2 Å². The van der Waals surface area contributed by atoms with E-state index in [2.05, 4.69) is 0 Å². The third-order valence-corrected chi connectivity index (χ3v) is 5.62. The molecule has 0 aliphatic carbocycles. The Morgan fingerprint density at radius 2 is 1.61 bits per heavy atom. The fraction of sp³-hybridized carbons (Fsp3) is 0.409. The molecule has 0 N–H and O–H groups in total. The predicted molar refractivity (Wildman–Crippen MR) is 116 cm³/mol. The Labute approximate surface area is 185 Å². The second-order valence-corrected chi connectivity index (χ2v) is 7.70. The molecule has 1 saturated heterocycles. The molecule has 1 aliphatic heterocycles. The molecule has 1 aromatic heterocycles. The van der Waals surface area contributed by atoms with Gasteiger partial charge < -0.3 is 24.0 Å². The Bertz CT molecular complexity index is 907. The summed E-state index contributed by atoms with van der Waals surface area (Å²) in [5.74, 6) is 0.0918. The van der Waals surface area contributed by atoms with Crippen molar-refractivity contribution in [1.82, 2.24) is 9.80 Å². The SMILES string of the molecule is CCOc1ccc(C(=O)OCC(=O)N2CCN(C(=O)c3cccs3)CC2)cc1OCC. The van der Waals surface area contributed by atoms with Gasteiger partial charge in [-0.25, -0.2) is 4.79 Å². The van der Waals surface area contributed by atoms with Crippen LogP contribution in [0.25, 0.3) is 0 Å². The van der Waals surface area contributed by atoms with Crippen LogP contribution in [0.15, 0.2) is 35.7 Å². The van der Waals surface area contributed by atoms with Crippen LogP contribution in [-0.2, 0) is 9.53 Å². The average molecular weight is 447 g/mol. The number of ether oxygens (including phenoxy) is 3. The first-order valence-corrected chi connectivity index (χ1v) is 11.1. The van der Waals surface area contributed by atoms with Gasteiger partial charge in [-0.2, -0.15) is 0 Å². The molecule has 0 bridgehead atoms. The van der Waals surface area contributed by atoms with Crippen molar-refractivity contribution in [2.45, 2.75) is 13.8 Å². The van der Waals surface area contributed by atoms with Crippen LogP contribution in [0.5, 0.6) is 11.5 Å². The summed E-state index contributed by atoms with van der Waals surface area (Å²) in [7, 11) is 0. The summed E-state index contributed by atoms with van der Waals surface area (Å²) in [5.41, 5.74) is 0.283. The van der Waals surface area contributed by atoms with Gasteiger partial charge in [0.25, 0.3) is 11.8 Å². The van der Waals surface area contributed by atoms with Gasteiger partial charge in [-0.1, -0.05) is 6.07 Å². The van der Waals surface area contributed by atoms with Crippen molar-refractivity contribution >= 4 is 29.1 Å². The maximum atomic E-state index is 12.5. The number of amides is 2. The monoisotopic (exact) mass is 446 g/mol. The topological polar surface area (TPSA) is 85.4 Å². The highest BCUT2D eigenvalue weighted by Crippen LogP contribution is 2.28. The number of hydrogen-bond acceptors (Lipinski definition) is 7. The van der Waals surface area contributed by atoms with Crippen LogP contribution in [0, 0.1) is 0 Å². The van der Waals surface area contributed by atoms with Crippen LogP contribution in [0.3, 0.4) is 0 Å². The molecule has 31 heavy (non-hydrogen) atoms. The van der Waals surface area contributed by atoms with Crippen LogP contribution in [0.2, 0.25) is 0 Å². The summed E-state index contributed by atoms with van der Waals surface area (Å²) >= 11 is 1.40. The van der Waals surface area contributed by atoms with E-state index >= 15 is 0 Å². The van der Waals surface area contributed by atoms with Crippen molar-refractivity contribution < 1.29 is 28.6 Å². The van der Waals surface area contributed by atoms with Crippen molar-refractivity contribution in [2.75, 3.05) is 46.0 Å². The second kappa shape index (κ2) is 10.8. The Kier molecular flexibility index (Phi) is 7.88. The Balaban J connectivity index is 1.50. The molecule has 1 aromatic carbocycles. The lowest BCUT2D eigenvalue weighted by atomic mass is 10.2. The van der Waals surface area contributed by atoms with Crippen LogP contribution in [0.1, 0.15) is 33.9 Å². The summed E-state index contributed by atoms with van der Waals surface area (Å²) in [4.78, 5) is 41.3. The van der Waals surface area contributed by atoms with E-state index < -0.39 is 5.97 Å². The molecule has 0 spiro atoms. The molecule has 0 saturated carbocycles. The number of carbonyl (C=O) groups is 3. The smallest absolute Gasteiger partial charge is 0.338 e. The van der Waals surface area contributed by atoms with E-state index in [1.54, 1.807) is 34.1 Å². The summed E-state index contributed by atoms with van der Waals surface area (Å²) in [6, 6.07) is 8.41. The lowest BCUT2D eigenvalue weighted by Crippen LogP contribution is -2.51. The first-order chi connectivity index (χ1) is 15.0. The van der Waals surface area contributed by atoms with Gasteiger partial charge in [-0.3, -0.25) is 9.59 Å². The van der Waals surface area contributed by atoms with Gasteiger partial charge in [0.05, 0.1) is 23.7 Å². The number of piperazine rings is 1. The summed E-state index contributed by atoms with van der Waals surface area (Å²) in [6.07, 6.45) is 0. The minimum Gasteiger partial charge on any atom is -0.490 e. The van der Waals surface area contributed by atoms with E-state index in [0.29, 0.717) is 55.8 Å². The number of thiophene rings is 1. The van der Waals surface area contributed by atoms with Crippen LogP contribution in [-0.4, -0.2) is 73.6 Å². The van der Waals surface area contributed by atoms with Gasteiger partial charge in [0.1, 0.15) is 0 Å². The van der Waals surface area contributed by atoms with E-state index in [1.165, 1.54) is 11.3 Å². The number of carbonyl (C=O) groups excluding carboxylic acids is 3. The van der Waals surface area contributed by atoms with Crippen molar-refractivity contribution in [3.63, 3.8) is 0 Å². The van der Waals surface area contributed by atoms with Gasteiger partial charge in [-0.05, 0) is 43.5 Å². The summed E-state index contributed by atoms with van der Waals surface area (Å²) < 4.78 is 16.2. The molecule has 8 nitrogen and oxygen atoms in total. The molecule has 166 valence electrons. The molecule has 2 aromatic rings. The minimum atomic E-state index is -0.608. The van der Waals surface area contributed by atoms with E-state index in [-0.39, 0.29) is 24.0 Å². The molecule has 1 fully saturated rings. The molecule has 0 radical (unpaired) electrons. The molecular weight excluding hydrogens is 420 g/mol.